The van der Waals surface area contributed by atoms with E-state index in [4.69, 9.17) is 9.47 Å². The largest absolute Gasteiger partial charge is 0.464 e. The summed E-state index contributed by atoms with van der Waals surface area (Å²) in [5.41, 5.74) is 3.78. The maximum absolute atomic E-state index is 13.3. The van der Waals surface area contributed by atoms with Gasteiger partial charge in [0.1, 0.15) is 0 Å². The number of hydrogen-bond acceptors (Lipinski definition) is 5. The normalized spacial score (nSPS) is 27.0. The minimum absolute atomic E-state index is 0.0104. The first-order chi connectivity index (χ1) is 16.2. The smallest absolute Gasteiger partial charge is 0.339 e. The summed E-state index contributed by atoms with van der Waals surface area (Å²) < 4.78 is 11.8. The number of aromatic nitrogens is 1. The van der Waals surface area contributed by atoms with Crippen LogP contribution >= 0.6 is 11.8 Å². The molecule has 0 radical (unpaired) electrons. The molecule has 0 fully saturated rings. The maximum atomic E-state index is 13.3. The Hall–Kier alpha value is -1.59. The van der Waals surface area contributed by atoms with Crippen molar-refractivity contribution in [3.63, 3.8) is 0 Å². The van der Waals surface area contributed by atoms with E-state index in [1.165, 1.54) is 22.5 Å². The van der Waals surface area contributed by atoms with Gasteiger partial charge < -0.3 is 9.47 Å². The van der Waals surface area contributed by atoms with E-state index >= 15 is 0 Å². The molecule has 1 aromatic heterocycles. The zero-order valence-corrected chi connectivity index (χ0v) is 22.9. The molecular formula is C29H43NO3S. The standard InChI is InChI=1S/C29H43NO3S/c1-8-10-20(5)33-27(28(31)32-9-2)25-21(6)34-29(7,24-15-17-30-18-16-24)26(25)23-13-11-22(12-14-23)19(3)4/h13,15-20,22,26-27H,8-12,14H2,1-7H3. The van der Waals surface area contributed by atoms with Gasteiger partial charge in [-0.1, -0.05) is 38.8 Å². The van der Waals surface area contributed by atoms with Gasteiger partial charge in [0.15, 0.2) is 6.10 Å². The fourth-order valence-electron chi connectivity index (χ4n) is 5.66. The monoisotopic (exact) mass is 485 g/mol. The number of nitrogens with zero attached hydrogens (tertiary/aromatic N) is 1. The fraction of sp³-hybridized carbons (Fsp3) is 0.655. The Labute approximate surface area is 211 Å². The summed E-state index contributed by atoms with van der Waals surface area (Å²) in [7, 11) is 0. The van der Waals surface area contributed by atoms with E-state index in [0.29, 0.717) is 12.5 Å². The third kappa shape index (κ3) is 5.79. The molecule has 188 valence electrons. The van der Waals surface area contributed by atoms with Crippen LogP contribution in [0, 0.1) is 17.8 Å². The quantitative estimate of drug-likeness (QED) is 0.254. The van der Waals surface area contributed by atoms with Crippen LogP contribution in [0.15, 0.2) is 46.7 Å². The minimum Gasteiger partial charge on any atom is -0.464 e. The van der Waals surface area contributed by atoms with E-state index < -0.39 is 6.10 Å². The van der Waals surface area contributed by atoms with Gasteiger partial charge in [0.25, 0.3) is 0 Å². The molecule has 34 heavy (non-hydrogen) atoms. The molecule has 0 bridgehead atoms. The van der Waals surface area contributed by atoms with E-state index in [9.17, 15) is 4.79 Å². The van der Waals surface area contributed by atoms with Gasteiger partial charge in [-0.2, -0.15) is 0 Å². The summed E-state index contributed by atoms with van der Waals surface area (Å²) in [5, 5.41) is 0. The van der Waals surface area contributed by atoms with Crippen molar-refractivity contribution in [2.75, 3.05) is 6.61 Å². The maximum Gasteiger partial charge on any atom is 0.339 e. The highest BCUT2D eigenvalue weighted by Crippen LogP contribution is 2.60. The number of rotatable bonds is 10. The average molecular weight is 486 g/mol. The zero-order chi connectivity index (χ0) is 24.9. The molecule has 0 spiro atoms. The predicted molar refractivity (Wildman–Crippen MR) is 142 cm³/mol. The molecule has 4 nitrogen and oxygen atoms in total. The van der Waals surface area contributed by atoms with Crippen LogP contribution in [0.5, 0.6) is 0 Å². The van der Waals surface area contributed by atoms with E-state index in [1.54, 1.807) is 0 Å². The van der Waals surface area contributed by atoms with Crippen molar-refractivity contribution in [1.29, 1.82) is 0 Å². The molecule has 2 heterocycles. The molecule has 0 aromatic carbocycles. The first kappa shape index (κ1) is 27.0. The highest BCUT2D eigenvalue weighted by molar-refractivity contribution is 8.04. The number of hydrogen-bond donors (Lipinski definition) is 0. The number of carbonyl (C=O) groups is 1. The second-order valence-corrected chi connectivity index (χ2v) is 12.0. The topological polar surface area (TPSA) is 48.4 Å². The summed E-state index contributed by atoms with van der Waals surface area (Å²) in [6, 6.07) is 4.24. The summed E-state index contributed by atoms with van der Waals surface area (Å²) in [6.45, 7) is 15.6. The SMILES string of the molecule is CCCC(C)OC(C(=O)OCC)C1=C(C)SC(C)(c2ccncc2)C1C1=CCC(C(C)C)CC1. The van der Waals surface area contributed by atoms with Gasteiger partial charge in [-0.3, -0.25) is 4.98 Å². The Bertz CT molecular complexity index is 894. The lowest BCUT2D eigenvalue weighted by Gasteiger charge is -2.39. The number of esters is 1. The summed E-state index contributed by atoms with van der Waals surface area (Å²) in [6.07, 6.45) is 10.8. The highest BCUT2D eigenvalue weighted by atomic mass is 32.2. The van der Waals surface area contributed by atoms with Gasteiger partial charge in [0.2, 0.25) is 0 Å². The number of thioether (sulfide) groups is 1. The molecule has 0 amide bonds. The van der Waals surface area contributed by atoms with Crippen LogP contribution in [0.1, 0.15) is 86.1 Å². The number of carbonyl (C=O) groups excluding carboxylic acids is 1. The van der Waals surface area contributed by atoms with Crippen LogP contribution in [0.4, 0.5) is 0 Å². The first-order valence-corrected chi connectivity index (χ1v) is 13.9. The Balaban J connectivity index is 2.08. The molecule has 0 saturated heterocycles. The van der Waals surface area contributed by atoms with Crippen molar-refractivity contribution >= 4 is 17.7 Å². The minimum atomic E-state index is -0.675. The molecule has 1 aliphatic heterocycles. The van der Waals surface area contributed by atoms with E-state index in [-0.39, 0.29) is 22.7 Å². The third-order valence-corrected chi connectivity index (χ3v) is 8.97. The van der Waals surface area contributed by atoms with Gasteiger partial charge in [-0.25, -0.2) is 4.79 Å². The molecule has 0 saturated carbocycles. The molecule has 5 heteroatoms. The second kappa shape index (κ2) is 11.9. The van der Waals surface area contributed by atoms with Gasteiger partial charge >= 0.3 is 5.97 Å². The second-order valence-electron chi connectivity index (χ2n) is 10.3. The Morgan fingerprint density at radius 1 is 1.24 bits per heavy atom. The molecular weight excluding hydrogens is 442 g/mol. The van der Waals surface area contributed by atoms with Crippen molar-refractivity contribution in [2.45, 2.75) is 97.5 Å². The van der Waals surface area contributed by atoms with Crippen LogP contribution in [0.2, 0.25) is 0 Å². The molecule has 3 rings (SSSR count). The van der Waals surface area contributed by atoms with E-state index in [0.717, 1.165) is 37.2 Å². The molecule has 1 aliphatic carbocycles. The lowest BCUT2D eigenvalue weighted by atomic mass is 9.70. The van der Waals surface area contributed by atoms with Crippen LogP contribution in [0.25, 0.3) is 0 Å². The van der Waals surface area contributed by atoms with Crippen LogP contribution < -0.4 is 0 Å². The van der Waals surface area contributed by atoms with Crippen molar-refractivity contribution in [3.8, 4) is 0 Å². The van der Waals surface area contributed by atoms with E-state index in [1.807, 2.05) is 31.1 Å². The average Bonchev–Trinajstić information content (AvgIpc) is 3.09. The molecule has 0 N–H and O–H groups in total. The highest BCUT2D eigenvalue weighted by Gasteiger charge is 2.51. The van der Waals surface area contributed by atoms with Crippen molar-refractivity contribution in [2.24, 2.45) is 17.8 Å². The molecule has 5 unspecified atom stereocenters. The Kier molecular flexibility index (Phi) is 9.45. The summed E-state index contributed by atoms with van der Waals surface area (Å²) in [5.74, 6) is 1.24. The summed E-state index contributed by atoms with van der Waals surface area (Å²) in [4.78, 5) is 18.8. The predicted octanol–water partition coefficient (Wildman–Crippen LogP) is 7.45. The fourth-order valence-corrected chi connectivity index (χ4v) is 7.29. The lowest BCUT2D eigenvalue weighted by molar-refractivity contribution is -0.157. The van der Waals surface area contributed by atoms with Gasteiger partial charge in [0.05, 0.1) is 17.5 Å². The number of allylic oxidation sites excluding steroid dienone is 3. The summed E-state index contributed by atoms with van der Waals surface area (Å²) >= 11 is 1.87. The number of ether oxygens (including phenoxy) is 2. The van der Waals surface area contributed by atoms with Crippen molar-refractivity contribution in [1.82, 2.24) is 4.98 Å². The Morgan fingerprint density at radius 3 is 2.50 bits per heavy atom. The molecule has 5 atom stereocenters. The van der Waals surface area contributed by atoms with Crippen LogP contribution in [-0.2, 0) is 19.0 Å². The van der Waals surface area contributed by atoms with Crippen molar-refractivity contribution in [3.05, 3.63) is 52.2 Å². The van der Waals surface area contributed by atoms with Gasteiger partial charge in [-0.15, -0.1) is 11.8 Å². The van der Waals surface area contributed by atoms with Crippen LogP contribution in [-0.4, -0.2) is 29.8 Å². The third-order valence-electron chi connectivity index (χ3n) is 7.53. The first-order valence-electron chi connectivity index (χ1n) is 13.0. The van der Waals surface area contributed by atoms with Crippen molar-refractivity contribution < 1.29 is 14.3 Å². The van der Waals surface area contributed by atoms with E-state index in [2.05, 4.69) is 64.7 Å². The van der Waals surface area contributed by atoms with Crippen LogP contribution in [0.3, 0.4) is 0 Å². The van der Waals surface area contributed by atoms with Gasteiger partial charge in [-0.05, 0) is 93.4 Å². The molecule has 2 aliphatic rings. The number of pyridine rings is 1. The Morgan fingerprint density at radius 2 is 1.94 bits per heavy atom. The lowest BCUT2D eigenvalue weighted by Crippen LogP contribution is -2.38. The molecule has 1 aromatic rings. The van der Waals surface area contributed by atoms with Gasteiger partial charge in [0, 0.05) is 18.3 Å². The zero-order valence-electron chi connectivity index (χ0n) is 22.1.